The number of halogens is 1. The molecule has 0 N–H and O–H groups in total. The second-order valence-electron chi connectivity index (χ2n) is 5.93. The van der Waals surface area contributed by atoms with Gasteiger partial charge in [0, 0.05) is 24.1 Å². The van der Waals surface area contributed by atoms with Crippen molar-refractivity contribution in [3.63, 3.8) is 0 Å². The van der Waals surface area contributed by atoms with Crippen LogP contribution in [0.1, 0.15) is 52.0 Å². The van der Waals surface area contributed by atoms with Gasteiger partial charge in [0.2, 0.25) is 0 Å². The molecule has 0 atom stereocenters. The van der Waals surface area contributed by atoms with Gasteiger partial charge in [0.05, 0.1) is 0 Å². The number of nitrogens with zero attached hydrogens (tertiary/aromatic N) is 1. The van der Waals surface area contributed by atoms with Gasteiger partial charge in [-0.1, -0.05) is 60.8 Å². The Morgan fingerprint density at radius 2 is 1.65 bits per heavy atom. The fraction of sp³-hybridized carbons (Fsp3) is 0.667. The van der Waals surface area contributed by atoms with Crippen molar-refractivity contribution >= 4 is 21.6 Å². The van der Waals surface area contributed by atoms with Crippen LogP contribution >= 0.6 is 15.9 Å². The van der Waals surface area contributed by atoms with Crippen LogP contribution in [0.3, 0.4) is 0 Å². The predicted molar refractivity (Wildman–Crippen MR) is 95.1 cm³/mol. The van der Waals surface area contributed by atoms with E-state index in [2.05, 4.69) is 72.8 Å². The molecule has 0 heterocycles. The smallest absolute Gasteiger partial charge is 0.0396 e. The molecule has 2 heteroatoms. The molecule has 1 aromatic rings. The Kier molecular flexibility index (Phi) is 7.65. The molecule has 0 spiro atoms. The molecule has 20 heavy (non-hydrogen) atoms. The normalized spacial score (nSPS) is 11.7. The van der Waals surface area contributed by atoms with Gasteiger partial charge in [-0.2, -0.15) is 0 Å². The summed E-state index contributed by atoms with van der Waals surface area (Å²) in [6.45, 7) is 11.3. The number of hydrogen-bond donors (Lipinski definition) is 0. The van der Waals surface area contributed by atoms with E-state index in [9.17, 15) is 0 Å². The van der Waals surface area contributed by atoms with Crippen molar-refractivity contribution < 1.29 is 0 Å². The van der Waals surface area contributed by atoms with Crippen LogP contribution in [0, 0.1) is 12.3 Å². The van der Waals surface area contributed by atoms with Crippen molar-refractivity contribution in [2.45, 2.75) is 53.4 Å². The lowest BCUT2D eigenvalue weighted by molar-refractivity contribution is 0.280. The number of benzene rings is 1. The van der Waals surface area contributed by atoms with Crippen molar-refractivity contribution in [3.8, 4) is 0 Å². The van der Waals surface area contributed by atoms with Gasteiger partial charge in [0.15, 0.2) is 0 Å². The highest BCUT2D eigenvalue weighted by Crippen LogP contribution is 2.35. The van der Waals surface area contributed by atoms with Gasteiger partial charge in [-0.3, -0.25) is 0 Å². The first-order chi connectivity index (χ1) is 9.62. The summed E-state index contributed by atoms with van der Waals surface area (Å²) in [5.74, 6) is 0. The van der Waals surface area contributed by atoms with E-state index in [0.717, 1.165) is 18.4 Å². The Labute approximate surface area is 133 Å². The van der Waals surface area contributed by atoms with Gasteiger partial charge >= 0.3 is 0 Å². The van der Waals surface area contributed by atoms with E-state index in [-0.39, 0.29) is 0 Å². The fourth-order valence-electron chi connectivity index (χ4n) is 3.21. The van der Waals surface area contributed by atoms with Gasteiger partial charge in [-0.05, 0) is 43.7 Å². The number of hydrogen-bond acceptors (Lipinski definition) is 1. The average molecular weight is 340 g/mol. The zero-order chi connectivity index (χ0) is 15.0. The number of aryl methyl sites for hydroxylation is 1. The van der Waals surface area contributed by atoms with Crippen LogP contribution < -0.4 is 4.90 Å². The summed E-state index contributed by atoms with van der Waals surface area (Å²) >= 11 is 3.80. The molecule has 1 nitrogen and oxygen atoms in total. The molecule has 1 aromatic carbocycles. The third kappa shape index (κ3) is 4.51. The first kappa shape index (κ1) is 17.6. The Morgan fingerprint density at radius 3 is 2.10 bits per heavy atom. The Bertz CT molecular complexity index is 383. The number of anilines is 1. The maximum absolute atomic E-state index is 3.80. The standard InChI is InChI=1S/C18H30BrN/c1-5-12-18(14-19,13-6-2)15-20(7-3)17-11-9-8-10-16(17)4/h8-11H,5-7,12-15H2,1-4H3. The minimum atomic E-state index is 0.405. The molecule has 0 amide bonds. The molecular weight excluding hydrogens is 310 g/mol. The molecule has 0 aliphatic rings. The summed E-state index contributed by atoms with van der Waals surface area (Å²) in [7, 11) is 0. The number of para-hydroxylation sites is 1. The van der Waals surface area contributed by atoms with Crippen LogP contribution in [-0.2, 0) is 0 Å². The minimum Gasteiger partial charge on any atom is -0.371 e. The van der Waals surface area contributed by atoms with E-state index in [0.29, 0.717) is 5.41 Å². The van der Waals surface area contributed by atoms with Gasteiger partial charge in [0.1, 0.15) is 0 Å². The van der Waals surface area contributed by atoms with E-state index in [4.69, 9.17) is 0 Å². The quantitative estimate of drug-likeness (QED) is 0.513. The van der Waals surface area contributed by atoms with Crippen molar-refractivity contribution in [2.24, 2.45) is 5.41 Å². The van der Waals surface area contributed by atoms with E-state index in [1.54, 1.807) is 0 Å². The summed E-state index contributed by atoms with van der Waals surface area (Å²) in [5, 5.41) is 1.10. The van der Waals surface area contributed by atoms with E-state index in [1.165, 1.54) is 36.9 Å². The molecule has 0 aromatic heterocycles. The van der Waals surface area contributed by atoms with Gasteiger partial charge in [-0.15, -0.1) is 0 Å². The topological polar surface area (TPSA) is 3.24 Å². The van der Waals surface area contributed by atoms with Crippen molar-refractivity contribution in [1.82, 2.24) is 0 Å². The Hall–Kier alpha value is -0.500. The van der Waals surface area contributed by atoms with Crippen molar-refractivity contribution in [1.29, 1.82) is 0 Å². The number of rotatable bonds is 9. The molecule has 114 valence electrons. The Morgan fingerprint density at radius 1 is 1.05 bits per heavy atom. The van der Waals surface area contributed by atoms with Gasteiger partial charge in [-0.25, -0.2) is 0 Å². The van der Waals surface area contributed by atoms with Crippen LogP contribution in [0.25, 0.3) is 0 Å². The number of alkyl halides is 1. The molecule has 0 unspecified atom stereocenters. The molecule has 0 radical (unpaired) electrons. The highest BCUT2D eigenvalue weighted by molar-refractivity contribution is 9.09. The van der Waals surface area contributed by atoms with Crippen LogP contribution in [0.15, 0.2) is 24.3 Å². The van der Waals surface area contributed by atoms with Crippen LogP contribution in [0.5, 0.6) is 0 Å². The molecule has 0 saturated carbocycles. The van der Waals surface area contributed by atoms with Gasteiger partial charge < -0.3 is 4.90 Å². The van der Waals surface area contributed by atoms with Gasteiger partial charge in [0.25, 0.3) is 0 Å². The molecule has 1 rings (SSSR count). The zero-order valence-electron chi connectivity index (χ0n) is 13.6. The largest absolute Gasteiger partial charge is 0.371 e. The lowest BCUT2D eigenvalue weighted by atomic mass is 9.80. The monoisotopic (exact) mass is 339 g/mol. The molecule has 0 aliphatic heterocycles. The maximum atomic E-state index is 3.80. The van der Waals surface area contributed by atoms with E-state index < -0.39 is 0 Å². The average Bonchev–Trinajstić information content (AvgIpc) is 2.46. The molecule has 0 fully saturated rings. The third-order valence-electron chi connectivity index (χ3n) is 4.21. The molecular formula is C18H30BrN. The molecule has 0 aliphatic carbocycles. The van der Waals surface area contributed by atoms with E-state index >= 15 is 0 Å². The lowest BCUT2D eigenvalue weighted by Gasteiger charge is -2.38. The molecule has 0 bridgehead atoms. The van der Waals surface area contributed by atoms with Crippen molar-refractivity contribution in [3.05, 3.63) is 29.8 Å². The first-order valence-electron chi connectivity index (χ1n) is 7.99. The van der Waals surface area contributed by atoms with Crippen LogP contribution in [-0.4, -0.2) is 18.4 Å². The highest BCUT2D eigenvalue weighted by Gasteiger charge is 2.29. The summed E-state index contributed by atoms with van der Waals surface area (Å²) in [6, 6.07) is 8.76. The fourth-order valence-corrected chi connectivity index (χ4v) is 3.95. The summed E-state index contributed by atoms with van der Waals surface area (Å²) in [5.41, 5.74) is 3.18. The summed E-state index contributed by atoms with van der Waals surface area (Å²) < 4.78 is 0. The van der Waals surface area contributed by atoms with Crippen molar-refractivity contribution in [2.75, 3.05) is 23.3 Å². The predicted octanol–water partition coefficient (Wildman–Crippen LogP) is 5.80. The third-order valence-corrected chi connectivity index (χ3v) is 5.40. The zero-order valence-corrected chi connectivity index (χ0v) is 15.2. The highest BCUT2D eigenvalue weighted by atomic mass is 79.9. The minimum absolute atomic E-state index is 0.405. The van der Waals surface area contributed by atoms with Crippen LogP contribution in [0.2, 0.25) is 0 Å². The summed E-state index contributed by atoms with van der Waals surface area (Å²) in [4.78, 5) is 2.56. The maximum Gasteiger partial charge on any atom is 0.0396 e. The first-order valence-corrected chi connectivity index (χ1v) is 9.11. The summed E-state index contributed by atoms with van der Waals surface area (Å²) in [6.07, 6.45) is 5.12. The lowest BCUT2D eigenvalue weighted by Crippen LogP contribution is -2.39. The Balaban J connectivity index is 2.96. The van der Waals surface area contributed by atoms with E-state index in [1.807, 2.05) is 0 Å². The SMILES string of the molecule is CCCC(CBr)(CCC)CN(CC)c1ccccc1C. The molecule has 0 saturated heterocycles. The van der Waals surface area contributed by atoms with Crippen LogP contribution in [0.4, 0.5) is 5.69 Å². The second-order valence-corrected chi connectivity index (χ2v) is 6.50. The second kappa shape index (κ2) is 8.71.